The van der Waals surface area contributed by atoms with Gasteiger partial charge in [-0.15, -0.1) is 0 Å². The molecule has 2 heterocycles. The first-order chi connectivity index (χ1) is 15.0. The highest BCUT2D eigenvalue weighted by Crippen LogP contribution is 2.16. The Bertz CT molecular complexity index is 725. The molecule has 0 aromatic heterocycles. The zero-order valence-electron chi connectivity index (χ0n) is 18.8. The molecule has 2 aliphatic rings. The van der Waals surface area contributed by atoms with Gasteiger partial charge in [0.05, 0.1) is 13.2 Å². The Kier molecular flexibility index (Phi) is 9.49. The zero-order valence-corrected chi connectivity index (χ0v) is 19.7. The van der Waals surface area contributed by atoms with Crippen LogP contribution in [0.4, 0.5) is 10.5 Å². The van der Waals surface area contributed by atoms with Gasteiger partial charge in [-0.05, 0) is 30.0 Å². The summed E-state index contributed by atoms with van der Waals surface area (Å²) < 4.78 is 5.34. The van der Waals surface area contributed by atoms with Crippen LogP contribution >= 0.6 is 11.8 Å². The van der Waals surface area contributed by atoms with E-state index < -0.39 is 0 Å². The van der Waals surface area contributed by atoms with Gasteiger partial charge in [-0.2, -0.15) is 11.8 Å². The lowest BCUT2D eigenvalue weighted by atomic mass is 10.2. The number of ether oxygens (including phenoxy) is 1. The van der Waals surface area contributed by atoms with Crippen LogP contribution in [0.15, 0.2) is 24.3 Å². The summed E-state index contributed by atoms with van der Waals surface area (Å²) in [4.78, 5) is 31.1. The molecule has 0 saturated carbocycles. The topological polar surface area (TPSA) is 65.1 Å². The SMILES string of the molecule is CC(C)COC(=O)N1CCCN(CC(=O)Nc2cccc(CN3CCSCC3)c2)CC1. The van der Waals surface area contributed by atoms with Gasteiger partial charge < -0.3 is 15.0 Å². The van der Waals surface area contributed by atoms with E-state index in [9.17, 15) is 9.59 Å². The van der Waals surface area contributed by atoms with Gasteiger partial charge in [0.1, 0.15) is 0 Å². The van der Waals surface area contributed by atoms with E-state index in [2.05, 4.69) is 27.2 Å². The van der Waals surface area contributed by atoms with Gasteiger partial charge in [0, 0.05) is 63.0 Å². The maximum absolute atomic E-state index is 12.6. The van der Waals surface area contributed by atoms with E-state index in [-0.39, 0.29) is 12.0 Å². The summed E-state index contributed by atoms with van der Waals surface area (Å²) in [6.07, 6.45) is 0.595. The summed E-state index contributed by atoms with van der Waals surface area (Å²) in [5.74, 6) is 2.70. The van der Waals surface area contributed by atoms with Gasteiger partial charge >= 0.3 is 6.09 Å². The largest absolute Gasteiger partial charge is 0.449 e. The fraction of sp³-hybridized carbons (Fsp3) is 0.652. The number of hydrogen-bond donors (Lipinski definition) is 1. The number of rotatable bonds is 7. The van der Waals surface area contributed by atoms with E-state index in [1.54, 1.807) is 4.90 Å². The summed E-state index contributed by atoms with van der Waals surface area (Å²) in [5.41, 5.74) is 2.08. The van der Waals surface area contributed by atoms with Gasteiger partial charge in [0.15, 0.2) is 0 Å². The third-order valence-corrected chi connectivity index (χ3v) is 6.42. The molecule has 0 radical (unpaired) electrons. The van der Waals surface area contributed by atoms with Crippen molar-refractivity contribution in [3.05, 3.63) is 29.8 Å². The second-order valence-corrected chi connectivity index (χ2v) is 9.95. The molecule has 0 spiro atoms. The number of thioether (sulfide) groups is 1. The van der Waals surface area contributed by atoms with E-state index in [1.807, 2.05) is 37.7 Å². The van der Waals surface area contributed by atoms with E-state index in [4.69, 9.17) is 4.74 Å². The predicted octanol–water partition coefficient (Wildman–Crippen LogP) is 2.97. The van der Waals surface area contributed by atoms with Crippen LogP contribution in [0.1, 0.15) is 25.8 Å². The van der Waals surface area contributed by atoms with Crippen molar-refractivity contribution in [2.75, 3.05) is 69.2 Å². The highest BCUT2D eigenvalue weighted by Gasteiger charge is 2.21. The first-order valence-corrected chi connectivity index (χ1v) is 12.5. The molecule has 2 fully saturated rings. The Morgan fingerprint density at radius 1 is 1.06 bits per heavy atom. The first kappa shape index (κ1) is 23.9. The van der Waals surface area contributed by atoms with Crippen molar-refractivity contribution in [3.8, 4) is 0 Å². The molecule has 2 amide bonds. The lowest BCUT2D eigenvalue weighted by Gasteiger charge is -2.26. The molecule has 0 bridgehead atoms. The molecule has 172 valence electrons. The van der Waals surface area contributed by atoms with Crippen LogP contribution < -0.4 is 5.32 Å². The Labute approximate surface area is 190 Å². The average molecular weight is 449 g/mol. The number of amides is 2. The molecule has 3 rings (SSSR count). The maximum atomic E-state index is 12.6. The van der Waals surface area contributed by atoms with Gasteiger partial charge in [0.2, 0.25) is 5.91 Å². The van der Waals surface area contributed by atoms with Crippen molar-refractivity contribution in [2.24, 2.45) is 5.92 Å². The lowest BCUT2D eigenvalue weighted by molar-refractivity contribution is -0.117. The monoisotopic (exact) mass is 448 g/mol. The minimum Gasteiger partial charge on any atom is -0.449 e. The zero-order chi connectivity index (χ0) is 22.1. The summed E-state index contributed by atoms with van der Waals surface area (Å²) in [6, 6.07) is 8.16. The second kappa shape index (κ2) is 12.3. The molecule has 1 N–H and O–H groups in total. The second-order valence-electron chi connectivity index (χ2n) is 8.72. The fourth-order valence-electron chi connectivity index (χ4n) is 3.81. The van der Waals surface area contributed by atoms with E-state index in [0.717, 1.165) is 38.3 Å². The van der Waals surface area contributed by atoms with Crippen LogP contribution in [0.25, 0.3) is 0 Å². The molecular weight excluding hydrogens is 412 g/mol. The Morgan fingerprint density at radius 3 is 2.65 bits per heavy atom. The van der Waals surface area contributed by atoms with Crippen LogP contribution in [-0.2, 0) is 16.1 Å². The minimum atomic E-state index is -0.246. The van der Waals surface area contributed by atoms with Crippen molar-refractivity contribution in [2.45, 2.75) is 26.8 Å². The predicted molar refractivity (Wildman–Crippen MR) is 126 cm³/mol. The molecule has 2 saturated heterocycles. The number of hydrogen-bond acceptors (Lipinski definition) is 6. The van der Waals surface area contributed by atoms with Crippen LogP contribution in [0.2, 0.25) is 0 Å². The third kappa shape index (κ3) is 8.35. The van der Waals surface area contributed by atoms with Crippen LogP contribution in [0, 0.1) is 5.92 Å². The molecular formula is C23H36N4O3S. The molecule has 1 aromatic rings. The minimum absolute atomic E-state index is 0.0117. The highest BCUT2D eigenvalue weighted by molar-refractivity contribution is 7.99. The van der Waals surface area contributed by atoms with Crippen LogP contribution in [0.3, 0.4) is 0 Å². The Hall–Kier alpha value is -1.77. The van der Waals surface area contributed by atoms with E-state index in [1.165, 1.54) is 17.1 Å². The van der Waals surface area contributed by atoms with Crippen molar-refractivity contribution in [3.63, 3.8) is 0 Å². The summed E-state index contributed by atoms with van der Waals surface area (Å²) in [5, 5.41) is 3.05. The molecule has 7 nitrogen and oxygen atoms in total. The van der Waals surface area contributed by atoms with Crippen LogP contribution in [0.5, 0.6) is 0 Å². The molecule has 0 atom stereocenters. The summed E-state index contributed by atoms with van der Waals surface area (Å²) in [6.45, 7) is 10.7. The maximum Gasteiger partial charge on any atom is 0.409 e. The standard InChI is InChI=1S/C23H36N4O3S/c1-19(2)18-30-23(29)27-8-4-7-25(9-10-27)17-22(28)24-21-6-3-5-20(15-21)16-26-11-13-31-14-12-26/h3,5-6,15,19H,4,7-14,16-18H2,1-2H3,(H,24,28). The van der Waals surface area contributed by atoms with E-state index in [0.29, 0.717) is 38.7 Å². The molecule has 8 heteroatoms. The number of benzene rings is 1. The smallest absolute Gasteiger partial charge is 0.409 e. The van der Waals surface area contributed by atoms with Gasteiger partial charge in [-0.25, -0.2) is 4.79 Å². The molecule has 0 unspecified atom stereocenters. The van der Waals surface area contributed by atoms with Crippen LogP contribution in [-0.4, -0.2) is 90.6 Å². The number of carbonyl (C=O) groups is 2. The number of nitrogens with zero attached hydrogens (tertiary/aromatic N) is 3. The number of nitrogens with one attached hydrogen (secondary N) is 1. The summed E-state index contributed by atoms with van der Waals surface area (Å²) in [7, 11) is 0. The fourth-order valence-corrected chi connectivity index (χ4v) is 4.79. The molecule has 1 aromatic carbocycles. The van der Waals surface area contributed by atoms with Crippen molar-refractivity contribution in [1.29, 1.82) is 0 Å². The molecule has 0 aliphatic carbocycles. The molecule has 31 heavy (non-hydrogen) atoms. The highest BCUT2D eigenvalue weighted by atomic mass is 32.2. The first-order valence-electron chi connectivity index (χ1n) is 11.3. The van der Waals surface area contributed by atoms with Gasteiger partial charge in [-0.3, -0.25) is 14.6 Å². The normalized spacial score (nSPS) is 18.6. The van der Waals surface area contributed by atoms with Crippen molar-refractivity contribution >= 4 is 29.4 Å². The van der Waals surface area contributed by atoms with E-state index >= 15 is 0 Å². The van der Waals surface area contributed by atoms with Crippen molar-refractivity contribution in [1.82, 2.24) is 14.7 Å². The lowest BCUT2D eigenvalue weighted by Crippen LogP contribution is -2.38. The quantitative estimate of drug-likeness (QED) is 0.692. The number of anilines is 1. The van der Waals surface area contributed by atoms with Crippen molar-refractivity contribution < 1.29 is 14.3 Å². The van der Waals surface area contributed by atoms with Gasteiger partial charge in [-0.1, -0.05) is 26.0 Å². The summed E-state index contributed by atoms with van der Waals surface area (Å²) >= 11 is 2.01. The molecule has 2 aliphatic heterocycles. The third-order valence-electron chi connectivity index (χ3n) is 5.47. The number of carbonyl (C=O) groups excluding carboxylic acids is 2. The van der Waals surface area contributed by atoms with Gasteiger partial charge in [0.25, 0.3) is 0 Å². The Balaban J connectivity index is 1.44. The average Bonchev–Trinajstić information content (AvgIpc) is 2.98. The Morgan fingerprint density at radius 2 is 1.87 bits per heavy atom.